The molecule has 1 N–H and O–H groups in total. The third kappa shape index (κ3) is 2.22. The van der Waals surface area contributed by atoms with E-state index >= 15 is 0 Å². The van der Waals surface area contributed by atoms with Gasteiger partial charge in [-0.3, -0.25) is 4.79 Å². The molecule has 2 bridgehead atoms. The minimum Gasteiger partial charge on any atom is -0.461 e. The highest BCUT2D eigenvalue weighted by Crippen LogP contribution is 2.29. The van der Waals surface area contributed by atoms with Crippen molar-refractivity contribution in [2.75, 3.05) is 25.9 Å². The van der Waals surface area contributed by atoms with Gasteiger partial charge in [-0.2, -0.15) is 0 Å². The van der Waals surface area contributed by atoms with Crippen LogP contribution >= 0.6 is 11.8 Å². The Balaban J connectivity index is 1.59. The molecule has 6 heteroatoms. The van der Waals surface area contributed by atoms with Gasteiger partial charge in [0, 0.05) is 24.5 Å². The van der Waals surface area contributed by atoms with Crippen molar-refractivity contribution in [1.82, 2.24) is 15.2 Å². The van der Waals surface area contributed by atoms with Gasteiger partial charge in [-0.05, 0) is 37.3 Å². The highest BCUT2D eigenvalue weighted by atomic mass is 32.2. The number of aromatic nitrogens is 1. The van der Waals surface area contributed by atoms with Crippen molar-refractivity contribution in [2.24, 2.45) is 5.92 Å². The Bertz CT molecular complexity index is 699. The fourth-order valence-corrected chi connectivity index (χ4v) is 3.93. The number of hydrogen-bond donors (Lipinski definition) is 1. The minimum atomic E-state index is -0.0767. The van der Waals surface area contributed by atoms with E-state index in [9.17, 15) is 4.79 Å². The molecular formula is C15H17N3O2S. The minimum absolute atomic E-state index is 0.0767. The first kappa shape index (κ1) is 13.2. The van der Waals surface area contributed by atoms with Crippen LogP contribution in [0.3, 0.4) is 0 Å². The molecule has 0 saturated carbocycles. The summed E-state index contributed by atoms with van der Waals surface area (Å²) < 4.78 is 5.43. The standard InChI is InChI=1S/C15H17N3O2S/c1-21-15-13-9(3-5-20-13)6-11(17-15)14(19)16-12-8-18-4-2-10(12)7-18/h3,5-6,10,12H,2,4,7-8H2,1H3,(H,16,19). The second-order valence-corrected chi connectivity index (χ2v) is 6.54. The maximum Gasteiger partial charge on any atom is 0.270 e. The Labute approximate surface area is 127 Å². The predicted octanol–water partition coefficient (Wildman–Crippen LogP) is 1.98. The summed E-state index contributed by atoms with van der Waals surface area (Å²) >= 11 is 1.50. The highest BCUT2D eigenvalue weighted by Gasteiger charge is 2.38. The molecule has 4 rings (SSSR count). The van der Waals surface area contributed by atoms with Crippen molar-refractivity contribution in [3.05, 3.63) is 24.1 Å². The molecule has 2 fully saturated rings. The molecule has 0 spiro atoms. The molecule has 4 heterocycles. The number of pyridine rings is 1. The normalized spacial score (nSPS) is 27.4. The number of hydrogen-bond acceptors (Lipinski definition) is 5. The molecule has 2 aliphatic heterocycles. The lowest BCUT2D eigenvalue weighted by Crippen LogP contribution is -2.43. The van der Waals surface area contributed by atoms with Crippen molar-refractivity contribution >= 4 is 28.6 Å². The molecule has 0 aliphatic carbocycles. The Morgan fingerprint density at radius 2 is 2.43 bits per heavy atom. The molecule has 21 heavy (non-hydrogen) atoms. The lowest BCUT2D eigenvalue weighted by Gasteiger charge is -2.23. The zero-order valence-corrected chi connectivity index (χ0v) is 12.7. The second-order valence-electron chi connectivity index (χ2n) is 5.74. The first-order valence-corrected chi connectivity index (χ1v) is 8.42. The van der Waals surface area contributed by atoms with Gasteiger partial charge >= 0.3 is 0 Å². The summed E-state index contributed by atoms with van der Waals surface area (Å²) in [6.07, 6.45) is 4.77. The average Bonchev–Trinajstić information content (AvgIpc) is 3.21. The largest absolute Gasteiger partial charge is 0.461 e. The molecular weight excluding hydrogens is 286 g/mol. The molecule has 3 unspecified atom stereocenters. The molecule has 0 aromatic carbocycles. The van der Waals surface area contributed by atoms with Crippen LogP contribution in [0.25, 0.3) is 11.0 Å². The summed E-state index contributed by atoms with van der Waals surface area (Å²) in [5.41, 5.74) is 1.23. The van der Waals surface area contributed by atoms with E-state index in [4.69, 9.17) is 4.42 Å². The van der Waals surface area contributed by atoms with Gasteiger partial charge in [0.05, 0.1) is 6.26 Å². The molecule has 1 amide bonds. The Hall–Kier alpha value is -1.53. The topological polar surface area (TPSA) is 58.4 Å². The van der Waals surface area contributed by atoms with Gasteiger partial charge in [0.1, 0.15) is 10.7 Å². The quantitative estimate of drug-likeness (QED) is 0.879. The van der Waals surface area contributed by atoms with Crippen LogP contribution in [-0.4, -0.2) is 47.7 Å². The summed E-state index contributed by atoms with van der Waals surface area (Å²) in [7, 11) is 0. The summed E-state index contributed by atoms with van der Waals surface area (Å²) in [6, 6.07) is 3.95. The van der Waals surface area contributed by atoms with Crippen LogP contribution < -0.4 is 5.32 Å². The van der Waals surface area contributed by atoms with Crippen LogP contribution in [0.2, 0.25) is 0 Å². The Morgan fingerprint density at radius 3 is 3.14 bits per heavy atom. The van der Waals surface area contributed by atoms with Gasteiger partial charge in [0.2, 0.25) is 0 Å². The molecule has 2 saturated heterocycles. The van der Waals surface area contributed by atoms with E-state index in [1.54, 1.807) is 12.3 Å². The van der Waals surface area contributed by atoms with Crippen molar-refractivity contribution in [3.8, 4) is 0 Å². The maximum atomic E-state index is 12.5. The molecule has 0 radical (unpaired) electrons. The SMILES string of the molecule is CSc1nc(C(=O)NC2CN3CCC2C3)cc2ccoc12. The van der Waals surface area contributed by atoms with Gasteiger partial charge in [-0.25, -0.2) is 4.98 Å². The zero-order valence-electron chi connectivity index (χ0n) is 11.8. The number of furan rings is 1. The number of nitrogens with zero attached hydrogens (tertiary/aromatic N) is 2. The number of amides is 1. The summed E-state index contributed by atoms with van der Waals surface area (Å²) in [5.74, 6) is 0.527. The number of carbonyl (C=O) groups excluding carboxylic acids is 1. The summed E-state index contributed by atoms with van der Waals surface area (Å²) in [4.78, 5) is 19.3. The average molecular weight is 303 g/mol. The monoisotopic (exact) mass is 303 g/mol. The van der Waals surface area contributed by atoms with Gasteiger partial charge in [0.15, 0.2) is 5.58 Å². The van der Waals surface area contributed by atoms with E-state index < -0.39 is 0 Å². The molecule has 110 valence electrons. The highest BCUT2D eigenvalue weighted by molar-refractivity contribution is 7.98. The fourth-order valence-electron chi connectivity index (χ4n) is 3.39. The van der Waals surface area contributed by atoms with Crippen molar-refractivity contribution in [1.29, 1.82) is 0 Å². The number of rotatable bonds is 3. The van der Waals surface area contributed by atoms with Crippen LogP contribution in [0.5, 0.6) is 0 Å². The summed E-state index contributed by atoms with van der Waals surface area (Å²) in [5, 5.41) is 4.84. The molecule has 2 aromatic heterocycles. The van der Waals surface area contributed by atoms with E-state index in [2.05, 4.69) is 15.2 Å². The van der Waals surface area contributed by atoms with Crippen LogP contribution in [0.15, 0.2) is 27.8 Å². The van der Waals surface area contributed by atoms with Crippen LogP contribution in [-0.2, 0) is 0 Å². The van der Waals surface area contributed by atoms with Gasteiger partial charge in [-0.1, -0.05) is 0 Å². The first-order chi connectivity index (χ1) is 10.2. The van der Waals surface area contributed by atoms with Crippen molar-refractivity contribution in [2.45, 2.75) is 17.5 Å². The summed E-state index contributed by atoms with van der Waals surface area (Å²) in [6.45, 7) is 3.27. The fraction of sp³-hybridized carbons (Fsp3) is 0.467. The van der Waals surface area contributed by atoms with E-state index in [-0.39, 0.29) is 11.9 Å². The van der Waals surface area contributed by atoms with E-state index in [1.165, 1.54) is 24.7 Å². The molecule has 2 aliphatic rings. The van der Waals surface area contributed by atoms with Crippen molar-refractivity contribution < 1.29 is 9.21 Å². The Kier molecular flexibility index (Phi) is 3.15. The smallest absolute Gasteiger partial charge is 0.270 e. The Morgan fingerprint density at radius 1 is 1.52 bits per heavy atom. The lowest BCUT2D eigenvalue weighted by molar-refractivity contribution is 0.0919. The maximum absolute atomic E-state index is 12.5. The molecule has 5 nitrogen and oxygen atoms in total. The zero-order chi connectivity index (χ0) is 14.4. The number of carbonyl (C=O) groups is 1. The molecule has 3 atom stereocenters. The number of nitrogens with one attached hydrogen (secondary N) is 1. The lowest BCUT2D eigenvalue weighted by atomic mass is 10.00. The third-order valence-corrected chi connectivity index (χ3v) is 5.14. The third-order valence-electron chi connectivity index (χ3n) is 4.48. The van der Waals surface area contributed by atoms with E-state index in [0.717, 1.165) is 29.1 Å². The van der Waals surface area contributed by atoms with Crippen LogP contribution in [0.1, 0.15) is 16.9 Å². The number of thioether (sulfide) groups is 1. The van der Waals surface area contributed by atoms with Crippen LogP contribution in [0, 0.1) is 5.92 Å². The first-order valence-electron chi connectivity index (χ1n) is 7.20. The van der Waals surface area contributed by atoms with Gasteiger partial charge in [-0.15, -0.1) is 11.8 Å². The van der Waals surface area contributed by atoms with Gasteiger partial charge in [0.25, 0.3) is 5.91 Å². The van der Waals surface area contributed by atoms with Crippen LogP contribution in [0.4, 0.5) is 0 Å². The van der Waals surface area contributed by atoms with Crippen molar-refractivity contribution in [3.63, 3.8) is 0 Å². The van der Waals surface area contributed by atoms with E-state index in [1.807, 2.05) is 12.3 Å². The second kappa shape index (κ2) is 5.03. The van der Waals surface area contributed by atoms with Gasteiger partial charge < -0.3 is 14.6 Å². The number of piperidine rings is 1. The molecule has 2 aromatic rings. The van der Waals surface area contributed by atoms with E-state index in [0.29, 0.717) is 11.6 Å². The number of fused-ring (bicyclic) bond motifs is 3. The predicted molar refractivity (Wildman–Crippen MR) is 81.6 cm³/mol.